The lowest BCUT2D eigenvalue weighted by Crippen LogP contribution is -2.53. The first-order valence-electron chi connectivity index (χ1n) is 12.3. The van der Waals surface area contributed by atoms with E-state index >= 15 is 0 Å². The summed E-state index contributed by atoms with van der Waals surface area (Å²) >= 11 is 6.05. The van der Waals surface area contributed by atoms with E-state index in [2.05, 4.69) is 5.32 Å². The van der Waals surface area contributed by atoms with Gasteiger partial charge in [0, 0.05) is 44.0 Å². The molecule has 3 amide bonds. The monoisotopic (exact) mass is 495 g/mol. The first kappa shape index (κ1) is 23.7. The second-order valence-corrected chi connectivity index (χ2v) is 10.3. The summed E-state index contributed by atoms with van der Waals surface area (Å²) in [5, 5.41) is 3.54. The lowest BCUT2D eigenvalue weighted by Gasteiger charge is -2.42. The van der Waals surface area contributed by atoms with Crippen LogP contribution in [-0.4, -0.2) is 59.3 Å². The molecule has 0 radical (unpaired) electrons. The molecule has 3 aliphatic rings. The van der Waals surface area contributed by atoms with Crippen molar-refractivity contribution in [1.29, 1.82) is 0 Å². The number of para-hydroxylation sites is 2. The van der Waals surface area contributed by atoms with Crippen LogP contribution in [0, 0.1) is 5.92 Å². The molecule has 0 saturated carbocycles. The summed E-state index contributed by atoms with van der Waals surface area (Å²) in [4.78, 5) is 42.5. The molecule has 184 valence electrons. The van der Waals surface area contributed by atoms with E-state index in [0.717, 1.165) is 18.4 Å². The number of nitrogens with one attached hydrogen (secondary N) is 1. The van der Waals surface area contributed by atoms with Crippen LogP contribution < -0.4 is 10.1 Å². The lowest BCUT2D eigenvalue weighted by atomic mass is 9.86. The number of nitrogens with zero attached hydrogens (tertiary/aromatic N) is 2. The van der Waals surface area contributed by atoms with Gasteiger partial charge in [0.15, 0.2) is 0 Å². The lowest BCUT2D eigenvalue weighted by molar-refractivity contribution is -0.143. The molecule has 1 unspecified atom stereocenters. The third-order valence-corrected chi connectivity index (χ3v) is 7.56. The highest BCUT2D eigenvalue weighted by Gasteiger charge is 2.43. The van der Waals surface area contributed by atoms with E-state index < -0.39 is 5.60 Å². The summed E-state index contributed by atoms with van der Waals surface area (Å²) in [6, 6.07) is 14.8. The Morgan fingerprint density at radius 3 is 2.66 bits per heavy atom. The molecule has 2 aromatic carbocycles. The molecule has 1 atom stereocenters. The number of ether oxygens (including phenoxy) is 1. The Hall–Kier alpha value is -3.06. The smallest absolute Gasteiger partial charge is 0.228 e. The van der Waals surface area contributed by atoms with Gasteiger partial charge in [-0.15, -0.1) is 0 Å². The Bertz CT molecular complexity index is 1130. The molecule has 7 nitrogen and oxygen atoms in total. The average molecular weight is 496 g/mol. The van der Waals surface area contributed by atoms with Gasteiger partial charge < -0.3 is 19.9 Å². The quantitative estimate of drug-likeness (QED) is 0.700. The van der Waals surface area contributed by atoms with Crippen LogP contribution in [0.1, 0.15) is 37.7 Å². The Morgan fingerprint density at radius 1 is 1.06 bits per heavy atom. The number of piperidine rings is 2. The van der Waals surface area contributed by atoms with Crippen molar-refractivity contribution in [2.75, 3.05) is 31.5 Å². The van der Waals surface area contributed by atoms with Crippen LogP contribution in [-0.2, 0) is 20.8 Å². The minimum Gasteiger partial charge on any atom is -0.484 e. The summed E-state index contributed by atoms with van der Waals surface area (Å²) in [6.07, 6.45) is 3.37. The third-order valence-electron chi connectivity index (χ3n) is 7.32. The number of anilines is 1. The first-order chi connectivity index (χ1) is 16.9. The minimum atomic E-state index is -0.598. The van der Waals surface area contributed by atoms with Gasteiger partial charge in [0.25, 0.3) is 0 Å². The third kappa shape index (κ3) is 5.30. The maximum atomic E-state index is 13.4. The molecule has 35 heavy (non-hydrogen) atoms. The van der Waals surface area contributed by atoms with Crippen LogP contribution in [0.5, 0.6) is 5.75 Å². The standard InChI is InChI=1S/C27H30ClN3O4/c28-21-7-3-5-19(15-21)16-25(33)31-12-4-6-20(18-31)26(34)30-13-10-27(11-14-30)17-24(32)29-22-8-1-2-9-23(22)35-27/h1-3,5,7-9,15,20H,4,6,10-14,16-18H2,(H,29,32). The highest BCUT2D eigenvalue weighted by molar-refractivity contribution is 6.30. The topological polar surface area (TPSA) is 79.0 Å². The van der Waals surface area contributed by atoms with Gasteiger partial charge in [0.2, 0.25) is 17.7 Å². The maximum absolute atomic E-state index is 13.4. The number of rotatable bonds is 3. The minimum absolute atomic E-state index is 0.0268. The van der Waals surface area contributed by atoms with Crippen molar-refractivity contribution in [2.24, 2.45) is 5.92 Å². The number of carbonyl (C=O) groups excluding carboxylic acids is 3. The second kappa shape index (κ2) is 9.90. The molecule has 1 spiro atoms. The van der Waals surface area contributed by atoms with E-state index in [-0.39, 0.29) is 36.5 Å². The predicted octanol–water partition coefficient (Wildman–Crippen LogP) is 3.90. The van der Waals surface area contributed by atoms with Gasteiger partial charge in [-0.2, -0.15) is 0 Å². The van der Waals surface area contributed by atoms with Crippen LogP contribution in [0.2, 0.25) is 5.02 Å². The maximum Gasteiger partial charge on any atom is 0.228 e. The highest BCUT2D eigenvalue weighted by Crippen LogP contribution is 2.38. The van der Waals surface area contributed by atoms with Crippen molar-refractivity contribution in [3.05, 3.63) is 59.1 Å². The van der Waals surface area contributed by atoms with Gasteiger partial charge in [-0.3, -0.25) is 14.4 Å². The summed E-state index contributed by atoms with van der Waals surface area (Å²) in [5.74, 6) is 0.549. The van der Waals surface area contributed by atoms with Crippen LogP contribution in [0.15, 0.2) is 48.5 Å². The molecule has 0 aliphatic carbocycles. The molecule has 1 N–H and O–H groups in total. The summed E-state index contributed by atoms with van der Waals surface area (Å²) in [7, 11) is 0. The zero-order valence-electron chi connectivity index (χ0n) is 19.7. The van der Waals surface area contributed by atoms with E-state index in [9.17, 15) is 14.4 Å². The number of likely N-dealkylation sites (tertiary alicyclic amines) is 2. The van der Waals surface area contributed by atoms with Crippen LogP contribution in [0.25, 0.3) is 0 Å². The van der Waals surface area contributed by atoms with Crippen LogP contribution in [0.3, 0.4) is 0 Å². The van der Waals surface area contributed by atoms with Gasteiger partial charge in [-0.05, 0) is 42.7 Å². The molecular formula is C27H30ClN3O4. The SMILES string of the molecule is O=C1CC2(CCN(C(=O)C3CCCN(C(=O)Cc4cccc(Cl)c4)C3)CC2)Oc2ccccc2N1. The van der Waals surface area contributed by atoms with E-state index in [4.69, 9.17) is 16.3 Å². The van der Waals surface area contributed by atoms with E-state index in [1.165, 1.54) is 0 Å². The van der Waals surface area contributed by atoms with E-state index in [0.29, 0.717) is 55.5 Å². The number of hydrogen-bond acceptors (Lipinski definition) is 4. The van der Waals surface area contributed by atoms with Crippen molar-refractivity contribution >= 4 is 35.0 Å². The Morgan fingerprint density at radius 2 is 1.86 bits per heavy atom. The zero-order valence-corrected chi connectivity index (χ0v) is 20.4. The van der Waals surface area contributed by atoms with Crippen molar-refractivity contribution < 1.29 is 19.1 Å². The van der Waals surface area contributed by atoms with Gasteiger partial charge >= 0.3 is 0 Å². The fourth-order valence-corrected chi connectivity index (χ4v) is 5.64. The summed E-state index contributed by atoms with van der Waals surface area (Å²) < 4.78 is 6.36. The average Bonchev–Trinajstić information content (AvgIpc) is 2.99. The zero-order chi connectivity index (χ0) is 24.4. The van der Waals surface area contributed by atoms with Crippen LogP contribution in [0.4, 0.5) is 5.69 Å². The molecule has 0 aromatic heterocycles. The number of fused-ring (bicyclic) bond motifs is 1. The molecule has 3 heterocycles. The predicted molar refractivity (Wildman–Crippen MR) is 133 cm³/mol. The second-order valence-electron chi connectivity index (χ2n) is 9.82. The number of amides is 3. The van der Waals surface area contributed by atoms with Gasteiger partial charge in [0.1, 0.15) is 11.4 Å². The van der Waals surface area contributed by atoms with Crippen molar-refractivity contribution in [1.82, 2.24) is 9.80 Å². The molecule has 2 saturated heterocycles. The van der Waals surface area contributed by atoms with E-state index in [1.54, 1.807) is 6.07 Å². The van der Waals surface area contributed by atoms with E-state index in [1.807, 2.05) is 52.3 Å². The first-order valence-corrected chi connectivity index (χ1v) is 12.7. The number of benzene rings is 2. The fourth-order valence-electron chi connectivity index (χ4n) is 5.43. The number of hydrogen-bond donors (Lipinski definition) is 1. The summed E-state index contributed by atoms with van der Waals surface area (Å²) in [6.45, 7) is 2.21. The molecule has 5 rings (SSSR count). The number of carbonyl (C=O) groups is 3. The fraction of sp³-hybridized carbons (Fsp3) is 0.444. The molecular weight excluding hydrogens is 466 g/mol. The van der Waals surface area contributed by atoms with Gasteiger partial charge in [-0.25, -0.2) is 0 Å². The molecule has 2 aromatic rings. The van der Waals surface area contributed by atoms with Crippen molar-refractivity contribution in [3.63, 3.8) is 0 Å². The number of halogens is 1. The highest BCUT2D eigenvalue weighted by atomic mass is 35.5. The summed E-state index contributed by atoms with van der Waals surface area (Å²) in [5.41, 5.74) is 0.975. The van der Waals surface area contributed by atoms with Gasteiger partial charge in [-0.1, -0.05) is 35.9 Å². The largest absolute Gasteiger partial charge is 0.484 e. The van der Waals surface area contributed by atoms with Crippen LogP contribution >= 0.6 is 11.6 Å². The molecule has 3 aliphatic heterocycles. The normalized spacial score (nSPS) is 21.5. The van der Waals surface area contributed by atoms with Crippen molar-refractivity contribution in [3.8, 4) is 5.75 Å². The Kier molecular flexibility index (Phi) is 6.69. The molecule has 0 bridgehead atoms. The molecule has 8 heteroatoms. The van der Waals surface area contributed by atoms with Gasteiger partial charge in [0.05, 0.1) is 24.4 Å². The molecule has 2 fully saturated rings. The Balaban J connectivity index is 1.19. The Labute approximate surface area is 210 Å². The van der Waals surface area contributed by atoms with Crippen molar-refractivity contribution in [2.45, 2.75) is 44.1 Å².